The van der Waals surface area contributed by atoms with Gasteiger partial charge in [-0.15, -0.1) is 0 Å². The molecule has 0 fully saturated rings. The van der Waals surface area contributed by atoms with Gasteiger partial charge in [-0.25, -0.2) is 9.37 Å². The highest BCUT2D eigenvalue weighted by Gasteiger charge is 2.21. The van der Waals surface area contributed by atoms with Gasteiger partial charge in [-0.05, 0) is 25.5 Å². The lowest BCUT2D eigenvalue weighted by molar-refractivity contribution is -0.123. The summed E-state index contributed by atoms with van der Waals surface area (Å²) in [7, 11) is 0. The van der Waals surface area contributed by atoms with Crippen molar-refractivity contribution in [3.05, 3.63) is 41.1 Å². The summed E-state index contributed by atoms with van der Waals surface area (Å²) in [5.74, 6) is -2.09. The highest BCUT2D eigenvalue weighted by Crippen LogP contribution is 2.07. The SMILES string of the molecule is C/C=C(\NC(=O)c1ccc(F)c(CNCO)n1)C(=O)N[C@@H](CC)C(O)O. The quantitative estimate of drug-likeness (QED) is 0.244. The van der Waals surface area contributed by atoms with Gasteiger partial charge in [0.25, 0.3) is 11.8 Å². The third-order valence-electron chi connectivity index (χ3n) is 3.45. The molecule has 0 saturated heterocycles. The van der Waals surface area contributed by atoms with Gasteiger partial charge in [0.1, 0.15) is 17.2 Å². The Kier molecular flexibility index (Phi) is 8.79. The van der Waals surface area contributed by atoms with Gasteiger partial charge in [-0.1, -0.05) is 13.0 Å². The number of hydrogen-bond acceptors (Lipinski definition) is 7. The average Bonchev–Trinajstić information content (AvgIpc) is 2.62. The molecule has 0 saturated carbocycles. The molecule has 2 amide bonds. The minimum atomic E-state index is -1.74. The fourth-order valence-electron chi connectivity index (χ4n) is 1.99. The number of amides is 2. The van der Waals surface area contributed by atoms with Crippen LogP contribution in [0.5, 0.6) is 0 Å². The maximum atomic E-state index is 13.6. The van der Waals surface area contributed by atoms with E-state index in [1.165, 1.54) is 13.0 Å². The molecule has 6 N–H and O–H groups in total. The zero-order chi connectivity index (χ0) is 19.7. The van der Waals surface area contributed by atoms with Crippen LogP contribution in [0.2, 0.25) is 0 Å². The van der Waals surface area contributed by atoms with E-state index >= 15 is 0 Å². The third kappa shape index (κ3) is 6.15. The van der Waals surface area contributed by atoms with Gasteiger partial charge in [-0.3, -0.25) is 14.9 Å². The van der Waals surface area contributed by atoms with Gasteiger partial charge in [0.2, 0.25) is 0 Å². The molecule has 9 nitrogen and oxygen atoms in total. The van der Waals surface area contributed by atoms with E-state index in [1.807, 2.05) is 0 Å². The topological polar surface area (TPSA) is 144 Å². The summed E-state index contributed by atoms with van der Waals surface area (Å²) in [5, 5.41) is 34.3. The van der Waals surface area contributed by atoms with Crippen LogP contribution in [0.3, 0.4) is 0 Å². The van der Waals surface area contributed by atoms with Gasteiger partial charge < -0.3 is 26.0 Å². The van der Waals surface area contributed by atoms with Crippen molar-refractivity contribution in [1.29, 1.82) is 0 Å². The molecule has 1 rings (SSSR count). The van der Waals surface area contributed by atoms with Crippen molar-refractivity contribution >= 4 is 11.8 Å². The molecule has 1 heterocycles. The standard InChI is InChI=1S/C16H23FN4O5/c1-3-10(14(23)21-11(4-2)16(25)26)20-15(24)12-6-5-9(17)13(19-12)7-18-8-22/h3,5-6,11,16,18,22,25-26H,4,7-8H2,1-2H3,(H,20,24)(H,21,23)/b10-3-/t11-/m0/s1. The van der Waals surface area contributed by atoms with Crippen LogP contribution < -0.4 is 16.0 Å². The fraction of sp³-hybridized carbons (Fsp3) is 0.438. The summed E-state index contributed by atoms with van der Waals surface area (Å²) >= 11 is 0. The van der Waals surface area contributed by atoms with Crippen molar-refractivity contribution in [2.75, 3.05) is 6.73 Å². The van der Waals surface area contributed by atoms with E-state index in [-0.39, 0.29) is 36.8 Å². The molecule has 0 aliphatic heterocycles. The molecule has 1 atom stereocenters. The lowest BCUT2D eigenvalue weighted by Gasteiger charge is -2.19. The Morgan fingerprint density at radius 2 is 2.04 bits per heavy atom. The molecule has 144 valence electrons. The van der Waals surface area contributed by atoms with Crippen molar-refractivity contribution in [1.82, 2.24) is 20.9 Å². The second-order valence-electron chi connectivity index (χ2n) is 5.27. The van der Waals surface area contributed by atoms with Gasteiger partial charge in [0, 0.05) is 6.54 Å². The first-order valence-electron chi connectivity index (χ1n) is 7.95. The maximum Gasteiger partial charge on any atom is 0.274 e. The van der Waals surface area contributed by atoms with Crippen LogP contribution >= 0.6 is 0 Å². The number of aliphatic hydroxyl groups excluding tert-OH is 2. The number of rotatable bonds is 9. The molecule has 0 aliphatic rings. The van der Waals surface area contributed by atoms with Crippen LogP contribution in [0.1, 0.15) is 36.5 Å². The zero-order valence-corrected chi connectivity index (χ0v) is 14.5. The molecule has 1 aromatic rings. The van der Waals surface area contributed by atoms with Crippen molar-refractivity contribution in [3.8, 4) is 0 Å². The number of aromatic nitrogens is 1. The summed E-state index contributed by atoms with van der Waals surface area (Å²) in [5.41, 5.74) is -0.301. The van der Waals surface area contributed by atoms with Crippen LogP contribution in [-0.2, 0) is 11.3 Å². The second-order valence-corrected chi connectivity index (χ2v) is 5.27. The van der Waals surface area contributed by atoms with E-state index in [2.05, 4.69) is 20.9 Å². The van der Waals surface area contributed by atoms with Crippen molar-refractivity contribution in [2.24, 2.45) is 0 Å². The first-order chi connectivity index (χ1) is 12.3. The van der Waals surface area contributed by atoms with Crippen LogP contribution in [0.25, 0.3) is 0 Å². The van der Waals surface area contributed by atoms with Gasteiger partial charge in [0.15, 0.2) is 6.29 Å². The maximum absolute atomic E-state index is 13.6. The normalized spacial score (nSPS) is 12.8. The van der Waals surface area contributed by atoms with Crippen LogP contribution in [0, 0.1) is 5.82 Å². The zero-order valence-electron chi connectivity index (χ0n) is 14.5. The molecular formula is C16H23FN4O5. The van der Waals surface area contributed by atoms with Crippen LogP contribution in [0.15, 0.2) is 23.9 Å². The minimum absolute atomic E-state index is 0.0624. The summed E-state index contributed by atoms with van der Waals surface area (Å²) in [6.45, 7) is 2.71. The molecule has 10 heteroatoms. The number of nitrogens with zero attached hydrogens (tertiary/aromatic N) is 1. The number of carbonyl (C=O) groups excluding carboxylic acids is 2. The fourth-order valence-corrected chi connectivity index (χ4v) is 1.99. The molecule has 0 bridgehead atoms. The molecule has 0 aromatic carbocycles. The van der Waals surface area contributed by atoms with Crippen molar-refractivity contribution in [3.63, 3.8) is 0 Å². The summed E-state index contributed by atoms with van der Waals surface area (Å²) in [6.07, 6.45) is -0.130. The Balaban J connectivity index is 2.85. The number of allylic oxidation sites excluding steroid dienone is 1. The Morgan fingerprint density at radius 1 is 1.35 bits per heavy atom. The van der Waals surface area contributed by atoms with E-state index < -0.39 is 30.0 Å². The summed E-state index contributed by atoms with van der Waals surface area (Å²) < 4.78 is 13.6. The Hall–Kier alpha value is -2.40. The minimum Gasteiger partial charge on any atom is -0.381 e. The molecular weight excluding hydrogens is 347 g/mol. The Labute approximate surface area is 149 Å². The largest absolute Gasteiger partial charge is 0.381 e. The second kappa shape index (κ2) is 10.6. The molecule has 1 aromatic heterocycles. The molecule has 0 radical (unpaired) electrons. The Morgan fingerprint density at radius 3 is 2.58 bits per heavy atom. The van der Waals surface area contributed by atoms with Crippen molar-refractivity contribution in [2.45, 2.75) is 39.1 Å². The van der Waals surface area contributed by atoms with E-state index in [0.29, 0.717) is 0 Å². The predicted molar refractivity (Wildman–Crippen MR) is 89.8 cm³/mol. The van der Waals surface area contributed by atoms with E-state index in [1.54, 1.807) is 6.92 Å². The van der Waals surface area contributed by atoms with Gasteiger partial charge in [-0.2, -0.15) is 0 Å². The Bertz CT molecular complexity index is 666. The van der Waals surface area contributed by atoms with Crippen molar-refractivity contribution < 1.29 is 29.3 Å². The smallest absolute Gasteiger partial charge is 0.274 e. The van der Waals surface area contributed by atoms with Crippen LogP contribution in [0.4, 0.5) is 4.39 Å². The predicted octanol–water partition coefficient (Wildman–Crippen LogP) is -0.901. The van der Waals surface area contributed by atoms with E-state index in [9.17, 15) is 14.0 Å². The molecule has 26 heavy (non-hydrogen) atoms. The molecule has 0 aliphatic carbocycles. The van der Waals surface area contributed by atoms with Gasteiger partial charge in [0.05, 0.1) is 18.5 Å². The number of aliphatic hydroxyl groups is 3. The number of carbonyl (C=O) groups is 2. The first-order valence-corrected chi connectivity index (χ1v) is 7.95. The first kappa shape index (κ1) is 21.6. The van der Waals surface area contributed by atoms with Crippen LogP contribution in [-0.4, -0.2) is 51.2 Å². The number of halogens is 1. The lowest BCUT2D eigenvalue weighted by Crippen LogP contribution is -2.45. The average molecular weight is 370 g/mol. The molecule has 0 unspecified atom stereocenters. The lowest BCUT2D eigenvalue weighted by atomic mass is 10.2. The summed E-state index contributed by atoms with van der Waals surface area (Å²) in [6, 6.07) is 1.32. The number of nitrogens with one attached hydrogen (secondary N) is 3. The highest BCUT2D eigenvalue weighted by atomic mass is 19.1. The highest BCUT2D eigenvalue weighted by molar-refractivity contribution is 6.02. The molecule has 0 spiro atoms. The van der Waals surface area contributed by atoms with E-state index in [0.717, 1.165) is 12.1 Å². The number of pyridine rings is 1. The summed E-state index contributed by atoms with van der Waals surface area (Å²) in [4.78, 5) is 28.3. The van der Waals surface area contributed by atoms with E-state index in [4.69, 9.17) is 15.3 Å². The van der Waals surface area contributed by atoms with Gasteiger partial charge >= 0.3 is 0 Å². The third-order valence-corrected chi connectivity index (χ3v) is 3.45. The number of hydrogen-bond donors (Lipinski definition) is 6. The monoisotopic (exact) mass is 370 g/mol.